The second-order valence-corrected chi connectivity index (χ2v) is 5.55. The fraction of sp³-hybridized carbons (Fsp3) is 0.211. The minimum atomic E-state index is -1.13. The lowest BCUT2D eigenvalue weighted by atomic mass is 10.2. The number of hydrogen-bond acceptors (Lipinski definition) is 6. The van der Waals surface area contributed by atoms with E-state index in [-0.39, 0.29) is 18.7 Å². The van der Waals surface area contributed by atoms with Crippen LogP contribution in [-0.4, -0.2) is 42.1 Å². The van der Waals surface area contributed by atoms with Crippen LogP contribution < -0.4 is 16.2 Å². The topological polar surface area (TPSA) is 117 Å². The van der Waals surface area contributed by atoms with Crippen molar-refractivity contribution in [3.63, 3.8) is 0 Å². The van der Waals surface area contributed by atoms with Crippen LogP contribution in [-0.2, 0) is 9.53 Å². The number of para-hydroxylation sites is 1. The fourth-order valence-electron chi connectivity index (χ4n) is 2.17. The summed E-state index contributed by atoms with van der Waals surface area (Å²) in [6.07, 6.45) is -1.13. The van der Waals surface area contributed by atoms with E-state index in [1.165, 1.54) is 6.92 Å². The molecule has 142 valence electrons. The molecule has 0 aliphatic heterocycles. The van der Waals surface area contributed by atoms with E-state index in [1.807, 2.05) is 0 Å². The molecule has 27 heavy (non-hydrogen) atoms. The smallest absolute Gasteiger partial charge is 0.341 e. The number of rotatable bonds is 7. The molecule has 2 amide bonds. The van der Waals surface area contributed by atoms with E-state index < -0.39 is 23.9 Å². The van der Waals surface area contributed by atoms with Gasteiger partial charge in [0, 0.05) is 17.8 Å². The molecule has 1 atom stereocenters. The number of carbonyl (C=O) groups is 3. The molecule has 4 N–H and O–H groups in total. The summed E-state index contributed by atoms with van der Waals surface area (Å²) in [4.78, 5) is 36.3. The summed E-state index contributed by atoms with van der Waals surface area (Å²) in [5.74, 6) is -1.86. The number of carbonyl (C=O) groups excluding carboxylic acids is 3. The van der Waals surface area contributed by atoms with Crippen molar-refractivity contribution >= 4 is 23.5 Å². The third-order valence-corrected chi connectivity index (χ3v) is 3.56. The van der Waals surface area contributed by atoms with E-state index in [0.29, 0.717) is 11.3 Å². The third kappa shape index (κ3) is 5.82. The molecule has 0 unspecified atom stereocenters. The highest BCUT2D eigenvalue weighted by Gasteiger charge is 2.21. The Morgan fingerprint density at radius 2 is 1.67 bits per heavy atom. The molecular formula is C19H21N3O5. The Morgan fingerprint density at radius 1 is 1.00 bits per heavy atom. The summed E-state index contributed by atoms with van der Waals surface area (Å²) in [5.41, 5.74) is 5.59. The predicted molar refractivity (Wildman–Crippen MR) is 98.9 cm³/mol. The molecule has 0 aliphatic rings. The molecule has 2 rings (SSSR count). The molecule has 0 heterocycles. The molecule has 0 radical (unpaired) electrons. The SMILES string of the molecule is C[C@H](OC(=O)c1ccccc1NCCO)C(=O)NNC(=O)c1ccccc1. The van der Waals surface area contributed by atoms with Gasteiger partial charge in [0.05, 0.1) is 12.2 Å². The van der Waals surface area contributed by atoms with E-state index in [4.69, 9.17) is 9.84 Å². The van der Waals surface area contributed by atoms with Crippen molar-refractivity contribution in [1.29, 1.82) is 0 Å². The Hall–Kier alpha value is -3.39. The van der Waals surface area contributed by atoms with Crippen LogP contribution in [0.5, 0.6) is 0 Å². The Kier molecular flexibility index (Phi) is 7.33. The summed E-state index contributed by atoms with van der Waals surface area (Å²) in [6.45, 7) is 1.57. The molecule has 0 saturated carbocycles. The minimum absolute atomic E-state index is 0.0939. The number of aliphatic hydroxyl groups excluding tert-OH is 1. The van der Waals surface area contributed by atoms with Crippen LogP contribution in [0.25, 0.3) is 0 Å². The monoisotopic (exact) mass is 371 g/mol. The lowest BCUT2D eigenvalue weighted by molar-refractivity contribution is -0.129. The van der Waals surface area contributed by atoms with Gasteiger partial charge in [-0.05, 0) is 31.2 Å². The molecule has 8 heteroatoms. The first-order valence-electron chi connectivity index (χ1n) is 8.33. The number of aliphatic hydroxyl groups is 1. The number of benzene rings is 2. The molecule has 2 aromatic carbocycles. The summed E-state index contributed by atoms with van der Waals surface area (Å²) in [5, 5.41) is 11.8. The van der Waals surface area contributed by atoms with Crippen molar-refractivity contribution < 1.29 is 24.2 Å². The van der Waals surface area contributed by atoms with E-state index in [1.54, 1.807) is 54.6 Å². The van der Waals surface area contributed by atoms with E-state index in [2.05, 4.69) is 16.2 Å². The van der Waals surface area contributed by atoms with Crippen LogP contribution in [0.4, 0.5) is 5.69 Å². The molecule has 0 fully saturated rings. The van der Waals surface area contributed by atoms with Crippen molar-refractivity contribution in [2.45, 2.75) is 13.0 Å². The number of ether oxygens (including phenoxy) is 1. The van der Waals surface area contributed by atoms with Gasteiger partial charge in [-0.15, -0.1) is 0 Å². The zero-order chi connectivity index (χ0) is 19.6. The molecule has 0 aromatic heterocycles. The minimum Gasteiger partial charge on any atom is -0.449 e. The first-order valence-corrected chi connectivity index (χ1v) is 8.33. The van der Waals surface area contributed by atoms with Crippen LogP contribution in [0.2, 0.25) is 0 Å². The maximum atomic E-state index is 12.3. The molecule has 2 aromatic rings. The van der Waals surface area contributed by atoms with Crippen molar-refractivity contribution in [2.24, 2.45) is 0 Å². The van der Waals surface area contributed by atoms with Gasteiger partial charge in [0.25, 0.3) is 11.8 Å². The second-order valence-electron chi connectivity index (χ2n) is 5.55. The molecule has 8 nitrogen and oxygen atoms in total. The van der Waals surface area contributed by atoms with Gasteiger partial charge >= 0.3 is 5.97 Å². The van der Waals surface area contributed by atoms with Gasteiger partial charge in [-0.25, -0.2) is 4.79 Å². The maximum absolute atomic E-state index is 12.3. The number of nitrogens with one attached hydrogen (secondary N) is 3. The van der Waals surface area contributed by atoms with Gasteiger partial charge in [0.15, 0.2) is 6.10 Å². The van der Waals surface area contributed by atoms with Gasteiger partial charge in [-0.2, -0.15) is 0 Å². The Bertz CT molecular complexity index is 795. The largest absolute Gasteiger partial charge is 0.449 e. The highest BCUT2D eigenvalue weighted by Crippen LogP contribution is 2.16. The van der Waals surface area contributed by atoms with Crippen molar-refractivity contribution in [3.8, 4) is 0 Å². The highest BCUT2D eigenvalue weighted by molar-refractivity contribution is 5.98. The Morgan fingerprint density at radius 3 is 2.37 bits per heavy atom. The van der Waals surface area contributed by atoms with Crippen LogP contribution in [0.15, 0.2) is 54.6 Å². The van der Waals surface area contributed by atoms with Crippen molar-refractivity contribution in [3.05, 3.63) is 65.7 Å². The first kappa shape index (κ1) is 19.9. The maximum Gasteiger partial charge on any atom is 0.341 e. The number of hydrogen-bond donors (Lipinski definition) is 4. The van der Waals surface area contributed by atoms with Crippen LogP contribution >= 0.6 is 0 Å². The van der Waals surface area contributed by atoms with Gasteiger partial charge in [0.1, 0.15) is 0 Å². The number of amides is 2. The zero-order valence-corrected chi connectivity index (χ0v) is 14.8. The van der Waals surface area contributed by atoms with E-state index in [0.717, 1.165) is 0 Å². The predicted octanol–water partition coefficient (Wildman–Crippen LogP) is 1.10. The van der Waals surface area contributed by atoms with Crippen LogP contribution in [0, 0.1) is 0 Å². The summed E-state index contributed by atoms with van der Waals surface area (Å²) >= 11 is 0. The molecular weight excluding hydrogens is 350 g/mol. The average Bonchev–Trinajstić information content (AvgIpc) is 2.70. The van der Waals surface area contributed by atoms with Crippen molar-refractivity contribution in [2.75, 3.05) is 18.5 Å². The lowest BCUT2D eigenvalue weighted by Gasteiger charge is -2.16. The van der Waals surface area contributed by atoms with Gasteiger partial charge in [-0.1, -0.05) is 30.3 Å². The first-order chi connectivity index (χ1) is 13.0. The fourth-order valence-corrected chi connectivity index (χ4v) is 2.17. The standard InChI is InChI=1S/C19H21N3O5/c1-13(17(24)21-22-18(25)14-7-3-2-4-8-14)27-19(26)15-9-5-6-10-16(15)20-11-12-23/h2-10,13,20,23H,11-12H2,1H3,(H,21,24)(H,22,25)/t13-/m0/s1. The quantitative estimate of drug-likeness (QED) is 0.428. The molecule has 0 spiro atoms. The molecule has 0 aliphatic carbocycles. The highest BCUT2D eigenvalue weighted by atomic mass is 16.5. The third-order valence-electron chi connectivity index (χ3n) is 3.56. The van der Waals surface area contributed by atoms with Crippen molar-refractivity contribution in [1.82, 2.24) is 10.9 Å². The summed E-state index contributed by atoms with van der Waals surface area (Å²) in [7, 11) is 0. The number of anilines is 1. The van der Waals surface area contributed by atoms with Gasteiger partial charge < -0.3 is 15.2 Å². The lowest BCUT2D eigenvalue weighted by Crippen LogP contribution is -2.46. The second kappa shape index (κ2) is 9.93. The van der Waals surface area contributed by atoms with Crippen LogP contribution in [0.1, 0.15) is 27.6 Å². The van der Waals surface area contributed by atoms with Crippen LogP contribution in [0.3, 0.4) is 0 Å². The van der Waals surface area contributed by atoms with Gasteiger partial charge in [-0.3, -0.25) is 20.4 Å². The number of hydrazine groups is 1. The Balaban J connectivity index is 1.90. The normalized spacial score (nSPS) is 11.2. The Labute approximate surface area is 156 Å². The average molecular weight is 371 g/mol. The summed E-state index contributed by atoms with van der Waals surface area (Å²) < 4.78 is 5.15. The van der Waals surface area contributed by atoms with E-state index >= 15 is 0 Å². The van der Waals surface area contributed by atoms with E-state index in [9.17, 15) is 14.4 Å². The molecule has 0 bridgehead atoms. The number of esters is 1. The zero-order valence-electron chi connectivity index (χ0n) is 14.8. The van der Waals surface area contributed by atoms with Gasteiger partial charge in [0.2, 0.25) is 0 Å². The molecule has 0 saturated heterocycles. The summed E-state index contributed by atoms with van der Waals surface area (Å²) in [6, 6.07) is 15.0.